The first-order valence-corrected chi connectivity index (χ1v) is 7.15. The highest BCUT2D eigenvalue weighted by Gasteiger charge is 2.18. The number of aryl methyl sites for hydroxylation is 2. The Morgan fingerprint density at radius 3 is 2.61 bits per heavy atom. The Morgan fingerprint density at radius 1 is 1.22 bits per heavy atom. The fourth-order valence-corrected chi connectivity index (χ4v) is 1.85. The first kappa shape index (κ1) is 16.5. The number of nitrogens with zero attached hydrogens (tertiary/aromatic N) is 1. The second-order valence-corrected chi connectivity index (χ2v) is 5.23. The van der Waals surface area contributed by atoms with E-state index in [1.54, 1.807) is 19.9 Å². The van der Waals surface area contributed by atoms with E-state index in [0.29, 0.717) is 11.4 Å². The van der Waals surface area contributed by atoms with Crippen LogP contribution in [0.25, 0.3) is 0 Å². The Kier molecular flexibility index (Phi) is 5.00. The van der Waals surface area contributed by atoms with Crippen LogP contribution >= 0.6 is 0 Å². The van der Waals surface area contributed by atoms with Gasteiger partial charge in [-0.3, -0.25) is 20.4 Å². The molecule has 122 valence electrons. The topological polar surface area (TPSA) is 93.5 Å². The summed E-state index contributed by atoms with van der Waals surface area (Å²) in [5, 5.41) is 3.60. The lowest BCUT2D eigenvalue weighted by Gasteiger charge is -2.17. The van der Waals surface area contributed by atoms with E-state index in [4.69, 9.17) is 9.26 Å². The molecule has 0 bridgehead atoms. The Balaban J connectivity index is 1.90. The molecule has 2 rings (SSSR count). The lowest BCUT2D eigenvalue weighted by atomic mass is 10.1. The lowest BCUT2D eigenvalue weighted by Crippen LogP contribution is -2.47. The first-order valence-electron chi connectivity index (χ1n) is 7.15. The number of hydrazine groups is 1. The van der Waals surface area contributed by atoms with Crippen molar-refractivity contribution >= 4 is 11.8 Å². The van der Waals surface area contributed by atoms with Crippen LogP contribution in [0, 0.1) is 20.8 Å². The van der Waals surface area contributed by atoms with Crippen molar-refractivity contribution < 1.29 is 18.8 Å². The van der Waals surface area contributed by atoms with E-state index in [2.05, 4.69) is 16.0 Å². The third-order valence-corrected chi connectivity index (χ3v) is 3.38. The van der Waals surface area contributed by atoms with Crippen molar-refractivity contribution in [2.24, 2.45) is 0 Å². The maximum Gasteiger partial charge on any atom is 0.308 e. The van der Waals surface area contributed by atoms with Gasteiger partial charge in [0.1, 0.15) is 5.75 Å². The number of carbonyl (C=O) groups is 2. The fourth-order valence-electron chi connectivity index (χ4n) is 1.85. The van der Waals surface area contributed by atoms with Gasteiger partial charge in [0.25, 0.3) is 5.91 Å². The number of hydrogen-bond acceptors (Lipinski definition) is 5. The van der Waals surface area contributed by atoms with E-state index >= 15 is 0 Å². The molecule has 23 heavy (non-hydrogen) atoms. The molecule has 0 saturated heterocycles. The first-order chi connectivity index (χ1) is 10.9. The van der Waals surface area contributed by atoms with E-state index in [-0.39, 0.29) is 5.76 Å². The maximum absolute atomic E-state index is 12.0. The van der Waals surface area contributed by atoms with Crippen molar-refractivity contribution in [3.05, 3.63) is 46.8 Å². The predicted molar refractivity (Wildman–Crippen MR) is 82.9 cm³/mol. The zero-order valence-electron chi connectivity index (χ0n) is 13.5. The van der Waals surface area contributed by atoms with Gasteiger partial charge in [-0.15, -0.1) is 0 Å². The molecule has 7 nitrogen and oxygen atoms in total. The summed E-state index contributed by atoms with van der Waals surface area (Å²) in [7, 11) is 0. The second kappa shape index (κ2) is 6.95. The van der Waals surface area contributed by atoms with Crippen molar-refractivity contribution in [1.82, 2.24) is 16.0 Å². The highest BCUT2D eigenvalue weighted by molar-refractivity contribution is 5.93. The molecule has 2 aromatic rings. The number of rotatable bonds is 4. The van der Waals surface area contributed by atoms with Crippen molar-refractivity contribution in [1.29, 1.82) is 0 Å². The molecule has 1 heterocycles. The molecular formula is C16H19N3O4. The van der Waals surface area contributed by atoms with Crippen LogP contribution in [0.5, 0.6) is 5.75 Å². The van der Waals surface area contributed by atoms with Crippen LogP contribution in [0.15, 0.2) is 28.8 Å². The van der Waals surface area contributed by atoms with E-state index < -0.39 is 17.9 Å². The fraction of sp³-hybridized carbons (Fsp3) is 0.312. The maximum atomic E-state index is 12.0. The van der Waals surface area contributed by atoms with Crippen LogP contribution < -0.4 is 15.6 Å². The van der Waals surface area contributed by atoms with Crippen LogP contribution in [0.1, 0.15) is 34.3 Å². The number of ether oxygens (including phenoxy) is 1. The van der Waals surface area contributed by atoms with Crippen LogP contribution in [-0.2, 0) is 4.79 Å². The van der Waals surface area contributed by atoms with Crippen molar-refractivity contribution in [2.75, 3.05) is 0 Å². The summed E-state index contributed by atoms with van der Waals surface area (Å²) >= 11 is 0. The predicted octanol–water partition coefficient (Wildman–Crippen LogP) is 1.83. The minimum absolute atomic E-state index is 0.0194. The van der Waals surface area contributed by atoms with Crippen LogP contribution in [0.3, 0.4) is 0 Å². The van der Waals surface area contributed by atoms with Gasteiger partial charge in [0.2, 0.25) is 5.76 Å². The van der Waals surface area contributed by atoms with Gasteiger partial charge in [-0.05, 0) is 44.9 Å². The Hall–Kier alpha value is -2.83. The van der Waals surface area contributed by atoms with Gasteiger partial charge in [-0.1, -0.05) is 17.3 Å². The Labute approximate surface area is 134 Å². The molecule has 0 saturated carbocycles. The molecule has 1 atom stereocenters. The number of amides is 2. The molecule has 7 heteroatoms. The van der Waals surface area contributed by atoms with E-state index in [9.17, 15) is 9.59 Å². The summed E-state index contributed by atoms with van der Waals surface area (Å²) in [5.74, 6) is -0.413. The third-order valence-electron chi connectivity index (χ3n) is 3.38. The number of nitrogens with one attached hydrogen (secondary N) is 2. The van der Waals surface area contributed by atoms with Gasteiger partial charge >= 0.3 is 5.91 Å². The molecule has 0 radical (unpaired) electrons. The summed E-state index contributed by atoms with van der Waals surface area (Å²) in [4.78, 5) is 23.7. The molecule has 2 N–H and O–H groups in total. The number of aromatic nitrogens is 1. The molecule has 2 amide bonds. The van der Waals surface area contributed by atoms with Crippen molar-refractivity contribution in [3.8, 4) is 5.75 Å². The van der Waals surface area contributed by atoms with Crippen LogP contribution in [0.4, 0.5) is 0 Å². The van der Waals surface area contributed by atoms with Crippen molar-refractivity contribution in [3.63, 3.8) is 0 Å². The number of carbonyl (C=O) groups excluding carboxylic acids is 2. The highest BCUT2D eigenvalue weighted by atomic mass is 16.5. The van der Waals surface area contributed by atoms with Gasteiger partial charge in [-0.25, -0.2) is 0 Å². The van der Waals surface area contributed by atoms with Gasteiger partial charge in [0, 0.05) is 6.07 Å². The zero-order valence-corrected chi connectivity index (χ0v) is 13.5. The zero-order chi connectivity index (χ0) is 17.0. The largest absolute Gasteiger partial charge is 0.481 e. The minimum Gasteiger partial charge on any atom is -0.481 e. The van der Waals surface area contributed by atoms with Crippen LogP contribution in [-0.4, -0.2) is 23.1 Å². The van der Waals surface area contributed by atoms with E-state index in [1.165, 1.54) is 6.07 Å². The average molecular weight is 317 g/mol. The molecular weight excluding hydrogens is 298 g/mol. The smallest absolute Gasteiger partial charge is 0.308 e. The van der Waals surface area contributed by atoms with Gasteiger partial charge in [-0.2, -0.15) is 0 Å². The summed E-state index contributed by atoms with van der Waals surface area (Å²) in [6.07, 6.45) is -0.771. The number of hydrogen-bond donors (Lipinski definition) is 2. The molecule has 0 unspecified atom stereocenters. The standard InChI is InChI=1S/C16H19N3O4/c1-9-6-5-7-13(11(9)3)22-12(4)15(20)17-18-16(21)14-8-10(2)19-23-14/h5-8,12H,1-4H3,(H,17,20)(H,18,21)/t12-/m1/s1. The number of benzene rings is 1. The summed E-state index contributed by atoms with van der Waals surface area (Å²) < 4.78 is 10.4. The highest BCUT2D eigenvalue weighted by Crippen LogP contribution is 2.21. The molecule has 0 aliphatic heterocycles. The Morgan fingerprint density at radius 2 is 1.96 bits per heavy atom. The third kappa shape index (κ3) is 4.09. The quantitative estimate of drug-likeness (QED) is 0.839. The molecule has 1 aromatic carbocycles. The van der Waals surface area contributed by atoms with Gasteiger partial charge in [0.05, 0.1) is 5.69 Å². The van der Waals surface area contributed by atoms with E-state index in [1.807, 2.05) is 26.0 Å². The van der Waals surface area contributed by atoms with Crippen LogP contribution in [0.2, 0.25) is 0 Å². The Bertz CT molecular complexity index is 724. The molecule has 1 aromatic heterocycles. The molecule has 0 aliphatic carbocycles. The second-order valence-electron chi connectivity index (χ2n) is 5.23. The lowest BCUT2D eigenvalue weighted by molar-refractivity contribution is -0.128. The molecule has 0 fully saturated rings. The molecule has 0 spiro atoms. The SMILES string of the molecule is Cc1cc(C(=O)NNC(=O)[C@@H](C)Oc2cccc(C)c2C)on1. The average Bonchev–Trinajstić information content (AvgIpc) is 2.95. The molecule has 0 aliphatic rings. The van der Waals surface area contributed by atoms with Crippen molar-refractivity contribution in [2.45, 2.75) is 33.8 Å². The van der Waals surface area contributed by atoms with E-state index in [0.717, 1.165) is 11.1 Å². The van der Waals surface area contributed by atoms with Gasteiger partial charge < -0.3 is 9.26 Å². The normalized spacial score (nSPS) is 11.7. The van der Waals surface area contributed by atoms with Gasteiger partial charge in [0.15, 0.2) is 6.10 Å². The summed E-state index contributed by atoms with van der Waals surface area (Å²) in [6, 6.07) is 7.09. The minimum atomic E-state index is -0.771. The summed E-state index contributed by atoms with van der Waals surface area (Å²) in [6.45, 7) is 7.18. The monoisotopic (exact) mass is 317 g/mol. The summed E-state index contributed by atoms with van der Waals surface area (Å²) in [5.41, 5.74) is 7.16.